The molecule has 0 amide bonds. The van der Waals surface area contributed by atoms with Gasteiger partial charge in [-0.3, -0.25) is 4.99 Å². The second kappa shape index (κ2) is 6.21. The van der Waals surface area contributed by atoms with Crippen molar-refractivity contribution in [1.29, 1.82) is 0 Å². The lowest BCUT2D eigenvalue weighted by Gasteiger charge is -2.15. The van der Waals surface area contributed by atoms with Gasteiger partial charge in [-0.25, -0.2) is 0 Å². The average Bonchev–Trinajstić information content (AvgIpc) is 2.16. The van der Waals surface area contributed by atoms with Gasteiger partial charge < -0.3 is 16.0 Å². The van der Waals surface area contributed by atoms with E-state index in [2.05, 4.69) is 22.3 Å². The van der Waals surface area contributed by atoms with Crippen molar-refractivity contribution in [3.63, 3.8) is 0 Å². The summed E-state index contributed by atoms with van der Waals surface area (Å²) in [6, 6.07) is 0. The van der Waals surface area contributed by atoms with Gasteiger partial charge in [0.05, 0.1) is 6.54 Å². The van der Waals surface area contributed by atoms with Crippen LogP contribution in [-0.4, -0.2) is 44.3 Å². The van der Waals surface area contributed by atoms with Crippen LogP contribution in [0.3, 0.4) is 0 Å². The molecule has 4 heteroatoms. The Morgan fingerprint density at radius 1 is 1.50 bits per heavy atom. The third-order valence-electron chi connectivity index (χ3n) is 1.99. The van der Waals surface area contributed by atoms with E-state index in [1.165, 1.54) is 0 Å². The first kappa shape index (κ1) is 10.8. The van der Waals surface area contributed by atoms with E-state index in [-0.39, 0.29) is 0 Å². The fourth-order valence-electron chi connectivity index (χ4n) is 1.12. The van der Waals surface area contributed by atoms with Gasteiger partial charge in [-0.15, -0.1) is 0 Å². The van der Waals surface area contributed by atoms with Crippen LogP contribution in [0.2, 0.25) is 0 Å². The SMILES string of the molecule is CN1CCN=C/C(N)=C\C=C\NCC1. The lowest BCUT2D eigenvalue weighted by atomic mass is 10.4. The molecule has 0 atom stereocenters. The summed E-state index contributed by atoms with van der Waals surface area (Å²) in [4.78, 5) is 6.46. The van der Waals surface area contributed by atoms with E-state index in [1.54, 1.807) is 6.21 Å². The molecule has 0 saturated carbocycles. The molecular weight excluding hydrogens is 176 g/mol. The third-order valence-corrected chi connectivity index (χ3v) is 1.99. The Morgan fingerprint density at radius 3 is 3.21 bits per heavy atom. The number of hydrogen-bond acceptors (Lipinski definition) is 4. The Labute approximate surface area is 85.2 Å². The maximum Gasteiger partial charge on any atom is 0.0517 e. The van der Waals surface area contributed by atoms with Gasteiger partial charge in [-0.2, -0.15) is 0 Å². The van der Waals surface area contributed by atoms with E-state index in [1.807, 2.05) is 18.4 Å². The summed E-state index contributed by atoms with van der Waals surface area (Å²) >= 11 is 0. The number of allylic oxidation sites excluding steroid dienone is 3. The van der Waals surface area contributed by atoms with Crippen molar-refractivity contribution < 1.29 is 0 Å². The molecule has 4 nitrogen and oxygen atoms in total. The van der Waals surface area contributed by atoms with Gasteiger partial charge in [0.15, 0.2) is 0 Å². The minimum Gasteiger partial charge on any atom is -0.397 e. The standard InChI is InChI=1S/C10H18N4/c1-14-7-5-12-4-2-3-10(11)9-13-6-8-14/h2-4,9,12H,5-8,11H2,1H3/b4-2+,10-3+,13-9?. The van der Waals surface area contributed by atoms with Crippen LogP contribution in [0.5, 0.6) is 0 Å². The molecule has 0 fully saturated rings. The zero-order valence-electron chi connectivity index (χ0n) is 8.61. The molecular formula is C10H18N4. The maximum absolute atomic E-state index is 5.67. The molecule has 14 heavy (non-hydrogen) atoms. The second-order valence-corrected chi connectivity index (χ2v) is 3.32. The van der Waals surface area contributed by atoms with Crippen LogP contribution >= 0.6 is 0 Å². The molecule has 0 aliphatic carbocycles. The molecule has 0 saturated heterocycles. The number of hydrogen-bond donors (Lipinski definition) is 2. The number of nitrogens with one attached hydrogen (secondary N) is 1. The highest BCUT2D eigenvalue weighted by Gasteiger charge is 1.95. The molecule has 1 rings (SSSR count). The fraction of sp³-hybridized carbons (Fsp3) is 0.500. The van der Waals surface area contributed by atoms with Crippen LogP contribution < -0.4 is 11.1 Å². The second-order valence-electron chi connectivity index (χ2n) is 3.32. The fourth-order valence-corrected chi connectivity index (χ4v) is 1.12. The number of nitrogens with zero attached hydrogens (tertiary/aromatic N) is 2. The van der Waals surface area contributed by atoms with Crippen LogP contribution in [0.15, 0.2) is 29.0 Å². The normalized spacial score (nSPS) is 26.5. The molecule has 1 aliphatic heterocycles. The van der Waals surface area contributed by atoms with Gasteiger partial charge >= 0.3 is 0 Å². The van der Waals surface area contributed by atoms with Crippen LogP contribution in [0.25, 0.3) is 0 Å². The highest BCUT2D eigenvalue weighted by molar-refractivity contribution is 5.77. The Hall–Kier alpha value is -1.29. The molecule has 1 heterocycles. The van der Waals surface area contributed by atoms with E-state index < -0.39 is 0 Å². The van der Waals surface area contributed by atoms with Crippen LogP contribution in [0, 0.1) is 0 Å². The first-order chi connectivity index (χ1) is 6.79. The summed E-state index contributed by atoms with van der Waals surface area (Å²) in [5, 5.41) is 3.19. The maximum atomic E-state index is 5.67. The van der Waals surface area contributed by atoms with E-state index in [0.29, 0.717) is 5.70 Å². The zero-order chi connectivity index (χ0) is 10.2. The Morgan fingerprint density at radius 2 is 2.36 bits per heavy atom. The average molecular weight is 194 g/mol. The van der Waals surface area contributed by atoms with Gasteiger partial charge in [-0.05, 0) is 25.4 Å². The molecule has 3 N–H and O–H groups in total. The summed E-state index contributed by atoms with van der Waals surface area (Å²) in [5.41, 5.74) is 6.35. The molecule has 0 unspecified atom stereocenters. The van der Waals surface area contributed by atoms with Crippen molar-refractivity contribution in [2.75, 3.05) is 33.2 Å². The quantitative estimate of drug-likeness (QED) is 0.568. The zero-order valence-corrected chi connectivity index (χ0v) is 8.61. The van der Waals surface area contributed by atoms with E-state index in [9.17, 15) is 0 Å². The van der Waals surface area contributed by atoms with Gasteiger partial charge in [0, 0.05) is 31.5 Å². The summed E-state index contributed by atoms with van der Waals surface area (Å²) < 4.78 is 0. The molecule has 0 aromatic carbocycles. The minimum atomic E-state index is 0.686. The van der Waals surface area contributed by atoms with Crippen LogP contribution in [0.1, 0.15) is 0 Å². The smallest absolute Gasteiger partial charge is 0.0517 e. The molecule has 0 spiro atoms. The number of likely N-dealkylation sites (N-methyl/N-ethyl adjacent to an activating group) is 1. The Kier molecular flexibility index (Phi) is 4.78. The third kappa shape index (κ3) is 4.67. The molecule has 0 aromatic rings. The van der Waals surface area contributed by atoms with Crippen molar-refractivity contribution in [2.45, 2.75) is 0 Å². The molecule has 0 aromatic heterocycles. The molecule has 1 aliphatic rings. The van der Waals surface area contributed by atoms with Crippen molar-refractivity contribution in [1.82, 2.24) is 10.2 Å². The summed E-state index contributed by atoms with van der Waals surface area (Å²) in [7, 11) is 2.09. The first-order valence-electron chi connectivity index (χ1n) is 4.83. The monoisotopic (exact) mass is 194 g/mol. The summed E-state index contributed by atoms with van der Waals surface area (Å²) in [5.74, 6) is 0. The summed E-state index contributed by atoms with van der Waals surface area (Å²) in [6.45, 7) is 3.74. The van der Waals surface area contributed by atoms with Crippen molar-refractivity contribution in [2.24, 2.45) is 10.7 Å². The highest BCUT2D eigenvalue weighted by atomic mass is 15.1. The molecule has 78 valence electrons. The molecule has 0 bridgehead atoms. The highest BCUT2D eigenvalue weighted by Crippen LogP contribution is 1.86. The minimum absolute atomic E-state index is 0.686. The number of rotatable bonds is 0. The number of nitrogens with two attached hydrogens (primary N) is 1. The largest absolute Gasteiger partial charge is 0.397 e. The van der Waals surface area contributed by atoms with Gasteiger partial charge in [0.25, 0.3) is 0 Å². The Bertz CT molecular complexity index is 243. The van der Waals surface area contributed by atoms with E-state index in [0.717, 1.165) is 26.2 Å². The molecule has 0 radical (unpaired) electrons. The van der Waals surface area contributed by atoms with Gasteiger partial charge in [-0.1, -0.05) is 0 Å². The topological polar surface area (TPSA) is 53.6 Å². The first-order valence-corrected chi connectivity index (χ1v) is 4.83. The van der Waals surface area contributed by atoms with Gasteiger partial charge in [0.2, 0.25) is 0 Å². The van der Waals surface area contributed by atoms with Crippen LogP contribution in [-0.2, 0) is 0 Å². The lowest BCUT2D eigenvalue weighted by Crippen LogP contribution is -2.29. The lowest BCUT2D eigenvalue weighted by molar-refractivity contribution is 0.347. The van der Waals surface area contributed by atoms with E-state index >= 15 is 0 Å². The summed E-state index contributed by atoms with van der Waals surface area (Å²) in [6.07, 6.45) is 7.33. The van der Waals surface area contributed by atoms with Crippen LogP contribution in [0.4, 0.5) is 0 Å². The van der Waals surface area contributed by atoms with Crippen molar-refractivity contribution in [3.05, 3.63) is 24.0 Å². The van der Waals surface area contributed by atoms with E-state index in [4.69, 9.17) is 5.73 Å². The predicted molar refractivity (Wildman–Crippen MR) is 60.3 cm³/mol. The van der Waals surface area contributed by atoms with Gasteiger partial charge in [0.1, 0.15) is 0 Å². The predicted octanol–water partition coefficient (Wildman–Crippen LogP) is -0.0515. The van der Waals surface area contributed by atoms with Crippen molar-refractivity contribution >= 4 is 6.21 Å². The Balaban J connectivity index is 2.52. The van der Waals surface area contributed by atoms with Crippen molar-refractivity contribution in [3.8, 4) is 0 Å². The number of aliphatic imine (C=N–C) groups is 1.